The topological polar surface area (TPSA) is 70.0 Å². The number of rotatable bonds is 9. The SMILES string of the molecule is CCOC(=O)c1ccccc1N(CCCO)CCCO. The number of anilines is 1. The third kappa shape index (κ3) is 4.83. The Hall–Kier alpha value is -1.59. The summed E-state index contributed by atoms with van der Waals surface area (Å²) in [4.78, 5) is 14.0. The highest BCUT2D eigenvalue weighted by molar-refractivity contribution is 5.95. The van der Waals surface area contributed by atoms with E-state index < -0.39 is 0 Å². The molecule has 0 aliphatic rings. The van der Waals surface area contributed by atoms with Crippen molar-refractivity contribution in [3.05, 3.63) is 29.8 Å². The Kier molecular flexibility index (Phi) is 7.69. The number of benzene rings is 1. The average molecular weight is 281 g/mol. The zero-order chi connectivity index (χ0) is 14.8. The summed E-state index contributed by atoms with van der Waals surface area (Å²) in [6.45, 7) is 3.56. The van der Waals surface area contributed by atoms with Crippen molar-refractivity contribution < 1.29 is 19.7 Å². The van der Waals surface area contributed by atoms with Crippen LogP contribution in [0.15, 0.2) is 24.3 Å². The van der Waals surface area contributed by atoms with E-state index >= 15 is 0 Å². The van der Waals surface area contributed by atoms with Gasteiger partial charge in [0.05, 0.1) is 17.9 Å². The smallest absolute Gasteiger partial charge is 0.340 e. The lowest BCUT2D eigenvalue weighted by molar-refractivity contribution is 0.0527. The van der Waals surface area contributed by atoms with E-state index in [9.17, 15) is 4.79 Å². The van der Waals surface area contributed by atoms with E-state index in [1.165, 1.54) is 0 Å². The van der Waals surface area contributed by atoms with E-state index in [0.717, 1.165) is 5.69 Å². The maximum absolute atomic E-state index is 12.0. The monoisotopic (exact) mass is 281 g/mol. The Labute approximate surface area is 119 Å². The number of hydrogen-bond acceptors (Lipinski definition) is 5. The second kappa shape index (κ2) is 9.34. The number of aliphatic hydroxyl groups excluding tert-OH is 2. The second-order valence-corrected chi connectivity index (χ2v) is 4.38. The number of para-hydroxylation sites is 1. The van der Waals surface area contributed by atoms with Crippen molar-refractivity contribution in [3.63, 3.8) is 0 Å². The lowest BCUT2D eigenvalue weighted by Crippen LogP contribution is -2.28. The minimum atomic E-state index is -0.346. The number of carbonyl (C=O) groups is 1. The molecule has 0 saturated heterocycles. The Balaban J connectivity index is 2.95. The fourth-order valence-corrected chi connectivity index (χ4v) is 2.01. The zero-order valence-corrected chi connectivity index (χ0v) is 11.9. The Bertz CT molecular complexity index is 401. The Morgan fingerprint density at radius 3 is 2.30 bits per heavy atom. The molecule has 112 valence electrons. The first kappa shape index (κ1) is 16.5. The first-order valence-electron chi connectivity index (χ1n) is 6.97. The molecule has 0 spiro atoms. The first-order chi connectivity index (χ1) is 9.74. The van der Waals surface area contributed by atoms with Crippen molar-refractivity contribution in [2.75, 3.05) is 37.8 Å². The van der Waals surface area contributed by atoms with Gasteiger partial charge in [-0.3, -0.25) is 0 Å². The van der Waals surface area contributed by atoms with E-state index in [1.54, 1.807) is 19.1 Å². The lowest BCUT2D eigenvalue weighted by Gasteiger charge is -2.26. The number of aliphatic hydroxyl groups is 2. The third-order valence-corrected chi connectivity index (χ3v) is 2.91. The van der Waals surface area contributed by atoms with Gasteiger partial charge in [-0.25, -0.2) is 4.79 Å². The molecule has 5 heteroatoms. The number of esters is 1. The summed E-state index contributed by atoms with van der Waals surface area (Å²) in [5.41, 5.74) is 1.30. The molecule has 5 nitrogen and oxygen atoms in total. The fourth-order valence-electron chi connectivity index (χ4n) is 2.01. The van der Waals surface area contributed by atoms with Crippen LogP contribution >= 0.6 is 0 Å². The predicted octanol–water partition coefficient (Wildman–Crippen LogP) is 1.43. The molecular formula is C15H23NO4. The van der Waals surface area contributed by atoms with Gasteiger partial charge in [0.1, 0.15) is 0 Å². The van der Waals surface area contributed by atoms with Crippen LogP contribution in [0.4, 0.5) is 5.69 Å². The maximum Gasteiger partial charge on any atom is 0.340 e. The molecule has 0 atom stereocenters. The van der Waals surface area contributed by atoms with E-state index in [0.29, 0.717) is 38.1 Å². The summed E-state index contributed by atoms with van der Waals surface area (Å²) < 4.78 is 5.06. The van der Waals surface area contributed by atoms with Gasteiger partial charge >= 0.3 is 5.97 Å². The summed E-state index contributed by atoms with van der Waals surface area (Å²) in [5, 5.41) is 18.0. The lowest BCUT2D eigenvalue weighted by atomic mass is 10.1. The molecular weight excluding hydrogens is 258 g/mol. The Morgan fingerprint density at radius 1 is 1.15 bits per heavy atom. The van der Waals surface area contributed by atoms with Crippen LogP contribution in [-0.4, -0.2) is 49.1 Å². The molecule has 1 aromatic carbocycles. The summed E-state index contributed by atoms with van der Waals surface area (Å²) in [5.74, 6) is -0.346. The molecule has 0 saturated carbocycles. The van der Waals surface area contributed by atoms with Gasteiger partial charge in [-0.15, -0.1) is 0 Å². The van der Waals surface area contributed by atoms with Crippen LogP contribution in [0.1, 0.15) is 30.1 Å². The molecule has 20 heavy (non-hydrogen) atoms. The van der Waals surface area contributed by atoms with Crippen LogP contribution in [0.25, 0.3) is 0 Å². The molecule has 0 radical (unpaired) electrons. The maximum atomic E-state index is 12.0. The molecule has 0 aliphatic carbocycles. The van der Waals surface area contributed by atoms with E-state index in [1.807, 2.05) is 17.0 Å². The van der Waals surface area contributed by atoms with Gasteiger partial charge in [-0.1, -0.05) is 12.1 Å². The molecule has 0 fully saturated rings. The van der Waals surface area contributed by atoms with Gasteiger partial charge in [-0.2, -0.15) is 0 Å². The molecule has 1 aromatic rings. The van der Waals surface area contributed by atoms with Gasteiger partial charge in [0.15, 0.2) is 0 Å². The molecule has 0 aromatic heterocycles. The van der Waals surface area contributed by atoms with E-state index in [-0.39, 0.29) is 19.2 Å². The Morgan fingerprint density at radius 2 is 1.75 bits per heavy atom. The average Bonchev–Trinajstić information content (AvgIpc) is 2.48. The first-order valence-corrected chi connectivity index (χ1v) is 6.97. The highest BCUT2D eigenvalue weighted by Crippen LogP contribution is 2.22. The molecule has 0 amide bonds. The van der Waals surface area contributed by atoms with Gasteiger partial charge in [0, 0.05) is 26.3 Å². The van der Waals surface area contributed by atoms with Crippen LogP contribution in [0.3, 0.4) is 0 Å². The highest BCUT2D eigenvalue weighted by Gasteiger charge is 2.16. The molecule has 0 bridgehead atoms. The van der Waals surface area contributed by atoms with Crippen molar-refractivity contribution in [2.24, 2.45) is 0 Å². The minimum absolute atomic E-state index is 0.0944. The van der Waals surface area contributed by atoms with Crippen molar-refractivity contribution in [2.45, 2.75) is 19.8 Å². The van der Waals surface area contributed by atoms with E-state index in [2.05, 4.69) is 0 Å². The number of hydrogen-bond donors (Lipinski definition) is 2. The molecule has 0 unspecified atom stereocenters. The van der Waals surface area contributed by atoms with Crippen LogP contribution in [0.2, 0.25) is 0 Å². The van der Waals surface area contributed by atoms with Crippen molar-refractivity contribution in [3.8, 4) is 0 Å². The quantitative estimate of drug-likeness (QED) is 0.670. The molecule has 1 rings (SSSR count). The second-order valence-electron chi connectivity index (χ2n) is 4.38. The van der Waals surface area contributed by atoms with Crippen LogP contribution in [-0.2, 0) is 4.74 Å². The van der Waals surface area contributed by atoms with E-state index in [4.69, 9.17) is 14.9 Å². The summed E-state index contributed by atoms with van der Waals surface area (Å²) in [6, 6.07) is 7.26. The number of carbonyl (C=O) groups excluding carboxylic acids is 1. The van der Waals surface area contributed by atoms with Crippen LogP contribution in [0, 0.1) is 0 Å². The van der Waals surface area contributed by atoms with Gasteiger partial charge in [0.25, 0.3) is 0 Å². The van der Waals surface area contributed by atoms with Crippen molar-refractivity contribution >= 4 is 11.7 Å². The van der Waals surface area contributed by atoms with Gasteiger partial charge < -0.3 is 19.8 Å². The highest BCUT2D eigenvalue weighted by atomic mass is 16.5. The predicted molar refractivity (Wildman–Crippen MR) is 78.0 cm³/mol. The summed E-state index contributed by atoms with van der Waals surface area (Å²) in [7, 11) is 0. The van der Waals surface area contributed by atoms with Crippen molar-refractivity contribution in [1.29, 1.82) is 0 Å². The molecule has 0 aliphatic heterocycles. The fraction of sp³-hybridized carbons (Fsp3) is 0.533. The third-order valence-electron chi connectivity index (χ3n) is 2.91. The largest absolute Gasteiger partial charge is 0.462 e. The number of ether oxygens (including phenoxy) is 1. The van der Waals surface area contributed by atoms with Crippen LogP contribution in [0.5, 0.6) is 0 Å². The standard InChI is InChI=1S/C15H23NO4/c1-2-20-15(19)13-7-3-4-8-14(13)16(9-5-11-17)10-6-12-18/h3-4,7-8,17-18H,2,5-6,9-12H2,1H3. The number of nitrogens with zero attached hydrogens (tertiary/aromatic N) is 1. The molecule has 2 N–H and O–H groups in total. The van der Waals surface area contributed by atoms with Crippen molar-refractivity contribution in [1.82, 2.24) is 0 Å². The normalized spacial score (nSPS) is 10.3. The van der Waals surface area contributed by atoms with Gasteiger partial charge in [-0.05, 0) is 31.9 Å². The van der Waals surface area contributed by atoms with Gasteiger partial charge in [0.2, 0.25) is 0 Å². The summed E-state index contributed by atoms with van der Waals surface area (Å²) in [6.07, 6.45) is 1.23. The van der Waals surface area contributed by atoms with Crippen LogP contribution < -0.4 is 4.90 Å². The molecule has 0 heterocycles. The zero-order valence-electron chi connectivity index (χ0n) is 11.9. The summed E-state index contributed by atoms with van der Waals surface area (Å²) >= 11 is 0. The minimum Gasteiger partial charge on any atom is -0.462 e.